The van der Waals surface area contributed by atoms with Gasteiger partial charge in [-0.05, 0) is 36.9 Å². The molecule has 0 radical (unpaired) electrons. The smallest absolute Gasteiger partial charge is 0.0720 e. The summed E-state index contributed by atoms with van der Waals surface area (Å²) in [6.45, 7) is 7.01. The van der Waals surface area contributed by atoms with Crippen molar-refractivity contribution in [3.8, 4) is 0 Å². The number of benzene rings is 1. The Balaban J connectivity index is 2.30. The van der Waals surface area contributed by atoms with Gasteiger partial charge >= 0.3 is 0 Å². The van der Waals surface area contributed by atoms with Gasteiger partial charge in [0.15, 0.2) is 0 Å². The fraction of sp³-hybridized carbons (Fsp3) is 0.600. The number of hydrogen-bond acceptors (Lipinski definition) is 2. The van der Waals surface area contributed by atoms with E-state index in [1.54, 1.807) is 0 Å². The van der Waals surface area contributed by atoms with Crippen LogP contribution in [0.4, 0.5) is 0 Å². The molecule has 0 aliphatic carbocycles. The topological polar surface area (TPSA) is 21.3 Å². The SMILES string of the molecule is CNCc1ccccc1COCCCC(C)C. The maximum Gasteiger partial charge on any atom is 0.0720 e. The van der Waals surface area contributed by atoms with Crippen LogP contribution in [-0.4, -0.2) is 13.7 Å². The van der Waals surface area contributed by atoms with Crippen molar-refractivity contribution in [2.45, 2.75) is 39.8 Å². The van der Waals surface area contributed by atoms with Crippen molar-refractivity contribution in [2.75, 3.05) is 13.7 Å². The van der Waals surface area contributed by atoms with E-state index in [0.29, 0.717) is 0 Å². The standard InChI is InChI=1S/C15H25NO/c1-13(2)7-6-10-17-12-15-9-5-4-8-14(15)11-16-3/h4-5,8-9,13,16H,6-7,10-12H2,1-3H3. The summed E-state index contributed by atoms with van der Waals surface area (Å²) in [7, 11) is 1.97. The molecular formula is C15H25NO. The zero-order valence-corrected chi connectivity index (χ0v) is 11.3. The van der Waals surface area contributed by atoms with Gasteiger partial charge in [0.25, 0.3) is 0 Å². The number of rotatable bonds is 8. The van der Waals surface area contributed by atoms with Gasteiger partial charge in [0.05, 0.1) is 6.61 Å². The van der Waals surface area contributed by atoms with Gasteiger partial charge in [-0.3, -0.25) is 0 Å². The molecule has 0 aromatic heterocycles. The normalized spacial score (nSPS) is 11.1. The van der Waals surface area contributed by atoms with E-state index in [4.69, 9.17) is 4.74 Å². The molecule has 0 amide bonds. The van der Waals surface area contributed by atoms with Gasteiger partial charge in [0.2, 0.25) is 0 Å². The Kier molecular flexibility index (Phi) is 6.90. The third kappa shape index (κ3) is 5.85. The van der Waals surface area contributed by atoms with Gasteiger partial charge in [0, 0.05) is 13.2 Å². The molecule has 0 saturated heterocycles. The van der Waals surface area contributed by atoms with Gasteiger partial charge in [-0.2, -0.15) is 0 Å². The minimum atomic E-state index is 0.732. The first-order chi connectivity index (χ1) is 8.24. The Morgan fingerprint density at radius 3 is 2.53 bits per heavy atom. The summed E-state index contributed by atoms with van der Waals surface area (Å²) in [6.07, 6.45) is 2.41. The summed E-state index contributed by atoms with van der Waals surface area (Å²) in [5.41, 5.74) is 2.63. The van der Waals surface area contributed by atoms with E-state index >= 15 is 0 Å². The highest BCUT2D eigenvalue weighted by Gasteiger charge is 2.01. The van der Waals surface area contributed by atoms with Crippen LogP contribution in [0.3, 0.4) is 0 Å². The molecule has 17 heavy (non-hydrogen) atoms. The molecule has 2 nitrogen and oxygen atoms in total. The second kappa shape index (κ2) is 8.26. The lowest BCUT2D eigenvalue weighted by atomic mass is 10.1. The van der Waals surface area contributed by atoms with Crippen LogP contribution >= 0.6 is 0 Å². The van der Waals surface area contributed by atoms with Crippen molar-refractivity contribution in [1.29, 1.82) is 0 Å². The zero-order chi connectivity index (χ0) is 12.5. The van der Waals surface area contributed by atoms with E-state index in [2.05, 4.69) is 43.4 Å². The zero-order valence-electron chi connectivity index (χ0n) is 11.3. The van der Waals surface area contributed by atoms with Crippen molar-refractivity contribution < 1.29 is 4.74 Å². The Morgan fingerprint density at radius 1 is 1.18 bits per heavy atom. The minimum absolute atomic E-state index is 0.732. The monoisotopic (exact) mass is 235 g/mol. The summed E-state index contributed by atoms with van der Waals surface area (Å²) in [4.78, 5) is 0. The Labute approximate surface area is 105 Å². The van der Waals surface area contributed by atoms with Crippen molar-refractivity contribution in [3.05, 3.63) is 35.4 Å². The lowest BCUT2D eigenvalue weighted by Gasteiger charge is -2.10. The van der Waals surface area contributed by atoms with Crippen LogP contribution < -0.4 is 5.32 Å². The first-order valence-electron chi connectivity index (χ1n) is 6.53. The van der Waals surface area contributed by atoms with Gasteiger partial charge in [-0.15, -0.1) is 0 Å². The fourth-order valence-corrected chi connectivity index (χ4v) is 1.84. The maximum absolute atomic E-state index is 5.73. The molecule has 0 saturated carbocycles. The van der Waals surface area contributed by atoms with Crippen LogP contribution in [0.25, 0.3) is 0 Å². The summed E-state index contributed by atoms with van der Waals surface area (Å²) >= 11 is 0. The Hall–Kier alpha value is -0.860. The van der Waals surface area contributed by atoms with E-state index in [1.165, 1.54) is 17.5 Å². The average Bonchev–Trinajstić information content (AvgIpc) is 2.31. The molecule has 96 valence electrons. The highest BCUT2D eigenvalue weighted by atomic mass is 16.5. The van der Waals surface area contributed by atoms with E-state index in [0.717, 1.165) is 32.1 Å². The lowest BCUT2D eigenvalue weighted by Crippen LogP contribution is -2.08. The third-order valence-corrected chi connectivity index (χ3v) is 2.81. The fourth-order valence-electron chi connectivity index (χ4n) is 1.84. The Morgan fingerprint density at radius 2 is 1.88 bits per heavy atom. The Bertz CT molecular complexity index is 310. The molecule has 0 bridgehead atoms. The predicted molar refractivity (Wildman–Crippen MR) is 72.9 cm³/mol. The average molecular weight is 235 g/mol. The van der Waals surface area contributed by atoms with E-state index < -0.39 is 0 Å². The molecule has 1 aromatic rings. The van der Waals surface area contributed by atoms with Crippen molar-refractivity contribution in [3.63, 3.8) is 0 Å². The molecule has 1 N–H and O–H groups in total. The molecule has 2 heteroatoms. The first kappa shape index (κ1) is 14.2. The predicted octanol–water partition coefficient (Wildman–Crippen LogP) is 3.36. The summed E-state index contributed by atoms with van der Waals surface area (Å²) in [5, 5.41) is 3.19. The van der Waals surface area contributed by atoms with Crippen molar-refractivity contribution >= 4 is 0 Å². The highest BCUT2D eigenvalue weighted by Crippen LogP contribution is 2.11. The molecule has 0 fully saturated rings. The molecular weight excluding hydrogens is 210 g/mol. The molecule has 0 heterocycles. The lowest BCUT2D eigenvalue weighted by molar-refractivity contribution is 0.114. The maximum atomic E-state index is 5.73. The summed E-state index contributed by atoms with van der Waals surface area (Å²) in [6, 6.07) is 8.46. The molecule has 1 rings (SSSR count). The summed E-state index contributed by atoms with van der Waals surface area (Å²) < 4.78 is 5.73. The largest absolute Gasteiger partial charge is 0.377 e. The van der Waals surface area contributed by atoms with E-state index in [9.17, 15) is 0 Å². The molecule has 0 unspecified atom stereocenters. The molecule has 0 aliphatic rings. The highest BCUT2D eigenvalue weighted by molar-refractivity contribution is 5.26. The second-order valence-electron chi connectivity index (χ2n) is 4.89. The first-order valence-corrected chi connectivity index (χ1v) is 6.53. The summed E-state index contributed by atoms with van der Waals surface area (Å²) in [5.74, 6) is 0.773. The van der Waals surface area contributed by atoms with Gasteiger partial charge < -0.3 is 10.1 Å². The van der Waals surface area contributed by atoms with Crippen LogP contribution in [0, 0.1) is 5.92 Å². The van der Waals surface area contributed by atoms with Gasteiger partial charge in [-0.1, -0.05) is 38.1 Å². The van der Waals surface area contributed by atoms with Crippen LogP contribution in [0.1, 0.15) is 37.8 Å². The van der Waals surface area contributed by atoms with E-state index in [1.807, 2.05) is 7.05 Å². The third-order valence-electron chi connectivity index (χ3n) is 2.81. The quantitative estimate of drug-likeness (QED) is 0.698. The van der Waals surface area contributed by atoms with Crippen LogP contribution in [0.2, 0.25) is 0 Å². The van der Waals surface area contributed by atoms with Crippen molar-refractivity contribution in [2.24, 2.45) is 5.92 Å². The van der Waals surface area contributed by atoms with Crippen LogP contribution in [0.5, 0.6) is 0 Å². The van der Waals surface area contributed by atoms with Crippen LogP contribution in [-0.2, 0) is 17.9 Å². The van der Waals surface area contributed by atoms with Gasteiger partial charge in [-0.25, -0.2) is 0 Å². The number of hydrogen-bond donors (Lipinski definition) is 1. The minimum Gasteiger partial charge on any atom is -0.377 e. The van der Waals surface area contributed by atoms with Crippen LogP contribution in [0.15, 0.2) is 24.3 Å². The van der Waals surface area contributed by atoms with Crippen molar-refractivity contribution in [1.82, 2.24) is 5.32 Å². The number of nitrogens with one attached hydrogen (secondary N) is 1. The van der Waals surface area contributed by atoms with E-state index in [-0.39, 0.29) is 0 Å². The molecule has 0 aliphatic heterocycles. The van der Waals surface area contributed by atoms with Gasteiger partial charge in [0.1, 0.15) is 0 Å². The molecule has 0 atom stereocenters. The molecule has 0 spiro atoms. The molecule has 1 aromatic carbocycles. The number of ether oxygens (including phenoxy) is 1. The second-order valence-corrected chi connectivity index (χ2v) is 4.89.